The molecule has 94 valence electrons. The number of carbonyl (C=O) groups excluding carboxylic acids is 1. The Kier molecular flexibility index (Phi) is 3.71. The summed E-state index contributed by atoms with van der Waals surface area (Å²) in [6.07, 6.45) is 3.29. The fraction of sp³-hybridized carbons (Fsp3) is 0.583. The summed E-state index contributed by atoms with van der Waals surface area (Å²) < 4.78 is 0. The lowest BCUT2D eigenvalue weighted by molar-refractivity contribution is 0.0914. The maximum Gasteiger partial charge on any atom is 0.271 e. The predicted octanol–water partition coefficient (Wildman–Crippen LogP) is 1.55. The van der Waals surface area contributed by atoms with E-state index in [1.165, 1.54) is 0 Å². The van der Waals surface area contributed by atoms with Crippen molar-refractivity contribution in [1.82, 2.24) is 15.3 Å². The highest BCUT2D eigenvalue weighted by atomic mass is 28.3. The van der Waals surface area contributed by atoms with Gasteiger partial charge in [0.15, 0.2) is 0 Å². The lowest BCUT2D eigenvalue weighted by Crippen LogP contribution is -2.43. The molecule has 0 aliphatic heterocycles. The summed E-state index contributed by atoms with van der Waals surface area (Å²) in [7, 11) is -1.44. The van der Waals surface area contributed by atoms with Crippen LogP contribution < -0.4 is 10.6 Å². The van der Waals surface area contributed by atoms with Crippen molar-refractivity contribution in [3.8, 4) is 0 Å². The Labute approximate surface area is 104 Å². The first-order valence-corrected chi connectivity index (χ1v) is 9.25. The molecule has 0 aromatic carbocycles. The molecule has 0 unspecified atom stereocenters. The minimum Gasteiger partial charge on any atom is -0.346 e. The number of hydrogen-bond donors (Lipinski definition) is 1. The molecule has 0 spiro atoms. The van der Waals surface area contributed by atoms with Gasteiger partial charge in [-0.1, -0.05) is 19.6 Å². The molecule has 1 rings (SSSR count). The lowest BCUT2D eigenvalue weighted by Gasteiger charge is -2.20. The summed E-state index contributed by atoms with van der Waals surface area (Å²) in [6, 6.07) is 0. The van der Waals surface area contributed by atoms with E-state index in [1.807, 2.05) is 20.8 Å². The predicted molar refractivity (Wildman–Crippen MR) is 72.2 cm³/mol. The Bertz CT molecular complexity index is 401. The molecule has 1 aromatic rings. The number of rotatable bonds is 2. The van der Waals surface area contributed by atoms with Gasteiger partial charge in [-0.15, -0.1) is 0 Å². The molecular formula is C12H21N3OSi. The van der Waals surface area contributed by atoms with Gasteiger partial charge in [-0.05, 0) is 20.8 Å². The molecule has 0 atom stereocenters. The normalized spacial score (nSPS) is 12.4. The second-order valence-electron chi connectivity index (χ2n) is 6.24. The van der Waals surface area contributed by atoms with Gasteiger partial charge in [0, 0.05) is 17.1 Å². The van der Waals surface area contributed by atoms with Crippen molar-refractivity contribution in [2.45, 2.75) is 46.0 Å². The van der Waals surface area contributed by atoms with Crippen LogP contribution in [0.2, 0.25) is 19.6 Å². The molecule has 1 N–H and O–H groups in total. The number of hydrogen-bond acceptors (Lipinski definition) is 3. The van der Waals surface area contributed by atoms with Crippen LogP contribution in [-0.4, -0.2) is 29.5 Å². The third kappa shape index (κ3) is 4.26. The Morgan fingerprint density at radius 1 is 1.18 bits per heavy atom. The number of nitrogens with one attached hydrogen (secondary N) is 1. The van der Waals surface area contributed by atoms with Gasteiger partial charge in [-0.2, -0.15) is 0 Å². The van der Waals surface area contributed by atoms with E-state index < -0.39 is 8.07 Å². The van der Waals surface area contributed by atoms with Crippen LogP contribution in [0.15, 0.2) is 12.4 Å². The summed E-state index contributed by atoms with van der Waals surface area (Å²) in [4.78, 5) is 20.3. The molecule has 0 aliphatic rings. The van der Waals surface area contributed by atoms with E-state index in [4.69, 9.17) is 0 Å². The van der Waals surface area contributed by atoms with Crippen molar-refractivity contribution in [1.29, 1.82) is 0 Å². The summed E-state index contributed by atoms with van der Waals surface area (Å²) >= 11 is 0. The molecular weight excluding hydrogens is 230 g/mol. The van der Waals surface area contributed by atoms with Crippen LogP contribution in [-0.2, 0) is 0 Å². The Balaban J connectivity index is 2.85. The molecule has 5 heteroatoms. The SMILES string of the molecule is CC(C)(C)NC(=O)c1cnc([Si](C)(C)C)cn1. The van der Waals surface area contributed by atoms with Gasteiger partial charge in [-0.3, -0.25) is 9.78 Å². The largest absolute Gasteiger partial charge is 0.346 e. The minimum atomic E-state index is -1.44. The average Bonchev–Trinajstić information content (AvgIpc) is 2.14. The van der Waals surface area contributed by atoms with Crippen molar-refractivity contribution >= 4 is 19.3 Å². The Hall–Kier alpha value is -1.23. The fourth-order valence-electron chi connectivity index (χ4n) is 1.24. The van der Waals surface area contributed by atoms with Gasteiger partial charge >= 0.3 is 0 Å². The summed E-state index contributed by atoms with van der Waals surface area (Å²) in [5, 5.41) is 3.88. The van der Waals surface area contributed by atoms with E-state index in [1.54, 1.807) is 12.4 Å². The highest BCUT2D eigenvalue weighted by Crippen LogP contribution is 2.02. The second-order valence-corrected chi connectivity index (χ2v) is 11.3. The van der Waals surface area contributed by atoms with Crippen LogP contribution in [0.5, 0.6) is 0 Å². The number of carbonyl (C=O) groups is 1. The van der Waals surface area contributed by atoms with Gasteiger partial charge in [0.25, 0.3) is 5.91 Å². The molecule has 1 amide bonds. The van der Waals surface area contributed by atoms with Gasteiger partial charge in [0.05, 0.1) is 6.20 Å². The van der Waals surface area contributed by atoms with Crippen LogP contribution in [0.3, 0.4) is 0 Å². The van der Waals surface area contributed by atoms with E-state index in [9.17, 15) is 4.79 Å². The van der Waals surface area contributed by atoms with E-state index in [-0.39, 0.29) is 11.4 Å². The van der Waals surface area contributed by atoms with E-state index in [0.717, 1.165) is 5.32 Å². The molecule has 0 saturated carbocycles. The number of aromatic nitrogens is 2. The van der Waals surface area contributed by atoms with Gasteiger partial charge < -0.3 is 5.32 Å². The highest BCUT2D eigenvalue weighted by Gasteiger charge is 2.20. The molecule has 0 bridgehead atoms. The molecule has 0 fully saturated rings. The van der Waals surface area contributed by atoms with E-state index in [0.29, 0.717) is 5.69 Å². The summed E-state index contributed by atoms with van der Waals surface area (Å²) in [5.74, 6) is -0.174. The van der Waals surface area contributed by atoms with Gasteiger partial charge in [0.2, 0.25) is 0 Å². The second kappa shape index (κ2) is 4.56. The Morgan fingerprint density at radius 2 is 1.76 bits per heavy atom. The standard InChI is InChI=1S/C12H21N3OSi/c1-12(2,3)15-11(16)9-7-14-10(8-13-9)17(4,5)6/h7-8H,1-6H3,(H,15,16). The smallest absolute Gasteiger partial charge is 0.271 e. The van der Waals surface area contributed by atoms with Crippen LogP contribution >= 0.6 is 0 Å². The number of amides is 1. The van der Waals surface area contributed by atoms with Crippen molar-refractivity contribution in [3.05, 3.63) is 18.1 Å². The molecule has 1 aromatic heterocycles. The molecule has 0 radical (unpaired) electrons. The fourth-order valence-corrected chi connectivity index (χ4v) is 2.14. The van der Waals surface area contributed by atoms with Crippen LogP contribution in [0, 0.1) is 0 Å². The van der Waals surface area contributed by atoms with E-state index in [2.05, 4.69) is 34.9 Å². The molecule has 4 nitrogen and oxygen atoms in total. The quantitative estimate of drug-likeness (QED) is 0.811. The Morgan fingerprint density at radius 3 is 2.12 bits per heavy atom. The number of nitrogens with zero attached hydrogens (tertiary/aromatic N) is 2. The van der Waals surface area contributed by atoms with Crippen molar-refractivity contribution in [3.63, 3.8) is 0 Å². The first-order chi connectivity index (χ1) is 7.59. The average molecular weight is 251 g/mol. The molecule has 0 aliphatic carbocycles. The van der Waals surface area contributed by atoms with Crippen molar-refractivity contribution < 1.29 is 4.79 Å². The van der Waals surface area contributed by atoms with E-state index >= 15 is 0 Å². The van der Waals surface area contributed by atoms with Crippen LogP contribution in [0.4, 0.5) is 0 Å². The third-order valence-electron chi connectivity index (χ3n) is 2.14. The minimum absolute atomic E-state index is 0.174. The molecule has 1 heterocycles. The molecule has 0 saturated heterocycles. The van der Waals surface area contributed by atoms with Crippen molar-refractivity contribution in [2.75, 3.05) is 0 Å². The zero-order chi connectivity index (χ0) is 13.3. The first kappa shape index (κ1) is 13.8. The van der Waals surface area contributed by atoms with Crippen LogP contribution in [0.25, 0.3) is 0 Å². The zero-order valence-electron chi connectivity index (χ0n) is 11.5. The monoisotopic (exact) mass is 251 g/mol. The van der Waals surface area contributed by atoms with Crippen LogP contribution in [0.1, 0.15) is 31.3 Å². The maximum absolute atomic E-state index is 11.8. The third-order valence-corrected chi connectivity index (χ3v) is 3.94. The van der Waals surface area contributed by atoms with Gasteiger partial charge in [-0.25, -0.2) is 4.98 Å². The summed E-state index contributed by atoms with van der Waals surface area (Å²) in [5.41, 5.74) is 0.123. The van der Waals surface area contributed by atoms with Crippen molar-refractivity contribution in [2.24, 2.45) is 0 Å². The lowest BCUT2D eigenvalue weighted by atomic mass is 10.1. The van der Waals surface area contributed by atoms with Gasteiger partial charge in [0.1, 0.15) is 13.8 Å². The zero-order valence-corrected chi connectivity index (χ0v) is 12.5. The molecule has 17 heavy (non-hydrogen) atoms. The maximum atomic E-state index is 11.8. The first-order valence-electron chi connectivity index (χ1n) is 5.75. The summed E-state index contributed by atoms with van der Waals surface area (Å²) in [6.45, 7) is 12.4. The topological polar surface area (TPSA) is 54.9 Å². The highest BCUT2D eigenvalue weighted by molar-refractivity contribution is 6.88.